The van der Waals surface area contributed by atoms with Crippen LogP contribution < -0.4 is 5.32 Å². The van der Waals surface area contributed by atoms with Crippen LogP contribution in [0, 0.1) is 5.41 Å². The van der Waals surface area contributed by atoms with Crippen molar-refractivity contribution in [3.05, 3.63) is 0 Å². The number of nitrogens with zero attached hydrogens (tertiary/aromatic N) is 1. The summed E-state index contributed by atoms with van der Waals surface area (Å²) < 4.78 is 5.13. The fourth-order valence-electron chi connectivity index (χ4n) is 2.42. The number of hydrogen-bond donors (Lipinski definition) is 2. The van der Waals surface area contributed by atoms with Gasteiger partial charge in [-0.25, -0.2) is 9.59 Å². The lowest BCUT2D eigenvalue weighted by Crippen LogP contribution is -2.57. The number of carbonyl (C=O) groups excluding carboxylic acids is 2. The first kappa shape index (κ1) is 19.3. The number of amides is 2. The molecule has 2 amide bonds. The molecule has 132 valence electrons. The Morgan fingerprint density at radius 2 is 1.74 bits per heavy atom. The van der Waals surface area contributed by atoms with Crippen LogP contribution >= 0.6 is 0 Å². The van der Waals surface area contributed by atoms with Gasteiger partial charge in [-0.2, -0.15) is 0 Å². The molecule has 7 heteroatoms. The van der Waals surface area contributed by atoms with Gasteiger partial charge in [0.1, 0.15) is 5.60 Å². The molecule has 1 aliphatic heterocycles. The van der Waals surface area contributed by atoms with Crippen molar-refractivity contribution in [1.82, 2.24) is 10.2 Å². The Morgan fingerprint density at radius 1 is 1.17 bits per heavy atom. The monoisotopic (exact) mass is 328 g/mol. The number of alkyl carbamates (subject to hydrolysis) is 1. The summed E-state index contributed by atoms with van der Waals surface area (Å²) in [6.45, 7) is 11.2. The SMILES string of the molecule is CC(C)(C)CC(=O)N1CCC(NC(=O)OC(C)(C)C)(C(=O)O)C1. The van der Waals surface area contributed by atoms with Gasteiger partial charge < -0.3 is 20.1 Å². The summed E-state index contributed by atoms with van der Waals surface area (Å²) >= 11 is 0. The van der Waals surface area contributed by atoms with Gasteiger partial charge in [0.15, 0.2) is 5.54 Å². The predicted molar refractivity (Wildman–Crippen MR) is 85.0 cm³/mol. The second kappa shape index (κ2) is 6.37. The fraction of sp³-hybridized carbons (Fsp3) is 0.812. The molecule has 0 aromatic heterocycles. The van der Waals surface area contributed by atoms with Crippen molar-refractivity contribution in [3.8, 4) is 0 Å². The van der Waals surface area contributed by atoms with Gasteiger partial charge >= 0.3 is 12.1 Å². The van der Waals surface area contributed by atoms with Crippen molar-refractivity contribution in [2.45, 2.75) is 65.5 Å². The van der Waals surface area contributed by atoms with Crippen molar-refractivity contribution in [1.29, 1.82) is 0 Å². The molecule has 1 aliphatic rings. The Hall–Kier alpha value is -1.79. The van der Waals surface area contributed by atoms with Gasteiger partial charge in [-0.15, -0.1) is 0 Å². The quantitative estimate of drug-likeness (QED) is 0.826. The van der Waals surface area contributed by atoms with Crippen LogP contribution in [0.15, 0.2) is 0 Å². The number of likely N-dealkylation sites (tertiary alicyclic amines) is 1. The minimum absolute atomic E-state index is 0.0451. The van der Waals surface area contributed by atoms with E-state index in [0.717, 1.165) is 0 Å². The Labute approximate surface area is 137 Å². The molecule has 0 radical (unpaired) electrons. The van der Waals surface area contributed by atoms with Crippen molar-refractivity contribution >= 4 is 18.0 Å². The van der Waals surface area contributed by atoms with Crippen LogP contribution in [0.4, 0.5) is 4.79 Å². The molecule has 1 unspecified atom stereocenters. The zero-order chi connectivity index (χ0) is 18.1. The number of aliphatic carboxylic acids is 1. The van der Waals surface area contributed by atoms with E-state index in [9.17, 15) is 19.5 Å². The summed E-state index contributed by atoms with van der Waals surface area (Å²) in [5.41, 5.74) is -2.38. The Kier molecular flexibility index (Phi) is 5.34. The molecule has 1 atom stereocenters. The minimum Gasteiger partial charge on any atom is -0.479 e. The Balaban J connectivity index is 2.79. The third-order valence-corrected chi connectivity index (χ3v) is 3.45. The molecule has 0 aromatic carbocycles. The first-order chi connectivity index (χ1) is 10.2. The second-order valence-electron chi connectivity index (χ2n) is 8.32. The molecule has 1 saturated heterocycles. The molecule has 1 fully saturated rings. The zero-order valence-corrected chi connectivity index (χ0v) is 14.9. The van der Waals surface area contributed by atoms with Crippen molar-refractivity contribution < 1.29 is 24.2 Å². The van der Waals surface area contributed by atoms with Crippen LogP contribution in [0.5, 0.6) is 0 Å². The maximum Gasteiger partial charge on any atom is 0.408 e. The van der Waals surface area contributed by atoms with Crippen molar-refractivity contribution in [2.24, 2.45) is 5.41 Å². The van der Waals surface area contributed by atoms with E-state index in [2.05, 4.69) is 5.32 Å². The van der Waals surface area contributed by atoms with Crippen molar-refractivity contribution in [3.63, 3.8) is 0 Å². The molecule has 23 heavy (non-hydrogen) atoms. The predicted octanol–water partition coefficient (Wildman–Crippen LogP) is 2.00. The molecule has 0 aliphatic carbocycles. The minimum atomic E-state index is -1.49. The zero-order valence-electron chi connectivity index (χ0n) is 14.9. The average Bonchev–Trinajstić information content (AvgIpc) is 2.69. The summed E-state index contributed by atoms with van der Waals surface area (Å²) in [5, 5.41) is 12.0. The van der Waals surface area contributed by atoms with E-state index in [1.165, 1.54) is 4.90 Å². The number of hydrogen-bond acceptors (Lipinski definition) is 4. The molecule has 7 nitrogen and oxygen atoms in total. The van der Waals surface area contributed by atoms with Gasteiger partial charge in [0.2, 0.25) is 5.91 Å². The van der Waals surface area contributed by atoms with E-state index >= 15 is 0 Å². The third-order valence-electron chi connectivity index (χ3n) is 3.45. The number of carbonyl (C=O) groups is 3. The average molecular weight is 328 g/mol. The highest BCUT2D eigenvalue weighted by Gasteiger charge is 2.48. The van der Waals surface area contributed by atoms with Gasteiger partial charge in [0.25, 0.3) is 0 Å². The molecule has 1 heterocycles. The summed E-state index contributed by atoms with van der Waals surface area (Å²) in [6.07, 6.45) is -0.294. The summed E-state index contributed by atoms with van der Waals surface area (Å²) in [6, 6.07) is 0. The molecule has 0 aromatic rings. The van der Waals surface area contributed by atoms with Crippen LogP contribution in [-0.2, 0) is 14.3 Å². The van der Waals surface area contributed by atoms with E-state index in [1.54, 1.807) is 20.8 Å². The normalized spacial score (nSPS) is 21.9. The number of ether oxygens (including phenoxy) is 1. The van der Waals surface area contributed by atoms with Gasteiger partial charge in [-0.05, 0) is 26.2 Å². The van der Waals surface area contributed by atoms with E-state index in [-0.39, 0.29) is 24.3 Å². The second-order valence-corrected chi connectivity index (χ2v) is 8.32. The van der Waals surface area contributed by atoms with Crippen LogP contribution in [0.25, 0.3) is 0 Å². The van der Waals surface area contributed by atoms with E-state index in [1.807, 2.05) is 20.8 Å². The maximum absolute atomic E-state index is 12.3. The summed E-state index contributed by atoms with van der Waals surface area (Å²) in [5.74, 6) is -1.26. The highest BCUT2D eigenvalue weighted by molar-refractivity contribution is 5.87. The number of rotatable bonds is 3. The van der Waals surface area contributed by atoms with E-state index < -0.39 is 23.2 Å². The van der Waals surface area contributed by atoms with Crippen LogP contribution in [-0.4, -0.2) is 52.2 Å². The lowest BCUT2D eigenvalue weighted by Gasteiger charge is -2.29. The molecule has 1 rings (SSSR count). The summed E-state index contributed by atoms with van der Waals surface area (Å²) in [7, 11) is 0. The van der Waals surface area contributed by atoms with Gasteiger partial charge in [-0.1, -0.05) is 20.8 Å². The Bertz CT molecular complexity index is 490. The van der Waals surface area contributed by atoms with Crippen LogP contribution in [0.3, 0.4) is 0 Å². The lowest BCUT2D eigenvalue weighted by atomic mass is 9.91. The van der Waals surface area contributed by atoms with Crippen LogP contribution in [0.2, 0.25) is 0 Å². The first-order valence-electron chi connectivity index (χ1n) is 7.76. The molecule has 2 N–H and O–H groups in total. The third kappa shape index (κ3) is 5.73. The molecule has 0 bridgehead atoms. The maximum atomic E-state index is 12.3. The van der Waals surface area contributed by atoms with Gasteiger partial charge in [0, 0.05) is 19.4 Å². The topological polar surface area (TPSA) is 95.9 Å². The van der Waals surface area contributed by atoms with Crippen LogP contribution in [0.1, 0.15) is 54.4 Å². The first-order valence-corrected chi connectivity index (χ1v) is 7.76. The van der Waals surface area contributed by atoms with Gasteiger partial charge in [-0.3, -0.25) is 4.79 Å². The lowest BCUT2D eigenvalue weighted by molar-refractivity contribution is -0.144. The molecular formula is C16H28N2O5. The molecule has 0 spiro atoms. The Morgan fingerprint density at radius 3 is 2.17 bits per heavy atom. The fourth-order valence-corrected chi connectivity index (χ4v) is 2.42. The highest BCUT2D eigenvalue weighted by Crippen LogP contribution is 2.26. The van der Waals surface area contributed by atoms with E-state index in [0.29, 0.717) is 13.0 Å². The smallest absolute Gasteiger partial charge is 0.408 e. The van der Waals surface area contributed by atoms with E-state index in [4.69, 9.17) is 4.74 Å². The molecular weight excluding hydrogens is 300 g/mol. The number of nitrogens with one attached hydrogen (secondary N) is 1. The number of carboxylic acids is 1. The summed E-state index contributed by atoms with van der Waals surface area (Å²) in [4.78, 5) is 37.4. The highest BCUT2D eigenvalue weighted by atomic mass is 16.6. The standard InChI is InChI=1S/C16H28N2O5/c1-14(2,3)9-11(19)18-8-7-16(10-18,12(20)21)17-13(22)23-15(4,5)6/h7-10H2,1-6H3,(H,17,22)(H,20,21). The number of carboxylic acid groups (broad SMARTS) is 1. The molecule has 0 saturated carbocycles. The largest absolute Gasteiger partial charge is 0.479 e. The van der Waals surface area contributed by atoms with Crippen molar-refractivity contribution in [2.75, 3.05) is 13.1 Å². The van der Waals surface area contributed by atoms with Gasteiger partial charge in [0.05, 0.1) is 6.54 Å².